The van der Waals surface area contributed by atoms with Crippen LogP contribution in [-0.2, 0) is 0 Å². The Labute approximate surface area is 96.6 Å². The number of carbonyl (C=O) groups excluding carboxylic acids is 1. The summed E-state index contributed by atoms with van der Waals surface area (Å²) >= 11 is 7.68. The fourth-order valence-corrected chi connectivity index (χ4v) is 2.21. The first-order valence-corrected chi connectivity index (χ1v) is 5.62. The van der Waals surface area contributed by atoms with Crippen molar-refractivity contribution in [3.63, 3.8) is 0 Å². The number of ketones is 1. The first-order chi connectivity index (χ1) is 6.15. The number of halogens is 2. The van der Waals surface area contributed by atoms with Gasteiger partial charge in [0.15, 0.2) is 5.78 Å². The van der Waals surface area contributed by atoms with Crippen LogP contribution in [-0.4, -0.2) is 11.7 Å². The molecule has 0 saturated heterocycles. The number of hydrogen-bond donors (Lipinski definition) is 0. The van der Waals surface area contributed by atoms with Crippen LogP contribution in [0, 0.1) is 10.5 Å². The van der Waals surface area contributed by atoms with Crippen molar-refractivity contribution in [2.75, 3.05) is 5.88 Å². The standard InChI is InChI=1S/C10H10ClIO/c1-7-2-3-8(9(12)6-7)10(13)4-5-11/h2-3,6H,4-5H2,1H3. The van der Waals surface area contributed by atoms with Gasteiger partial charge in [-0.1, -0.05) is 17.7 Å². The van der Waals surface area contributed by atoms with Gasteiger partial charge in [0.25, 0.3) is 0 Å². The van der Waals surface area contributed by atoms with Crippen LogP contribution in [0.3, 0.4) is 0 Å². The summed E-state index contributed by atoms with van der Waals surface area (Å²) in [6.45, 7) is 2.01. The zero-order chi connectivity index (χ0) is 9.84. The van der Waals surface area contributed by atoms with Crippen LogP contribution < -0.4 is 0 Å². The Morgan fingerprint density at radius 1 is 1.54 bits per heavy atom. The Morgan fingerprint density at radius 3 is 2.77 bits per heavy atom. The smallest absolute Gasteiger partial charge is 0.165 e. The van der Waals surface area contributed by atoms with E-state index in [9.17, 15) is 4.79 Å². The minimum absolute atomic E-state index is 0.124. The van der Waals surface area contributed by atoms with Crippen molar-refractivity contribution < 1.29 is 4.79 Å². The number of alkyl halides is 1. The highest BCUT2D eigenvalue weighted by molar-refractivity contribution is 14.1. The molecular weight excluding hydrogens is 298 g/mol. The summed E-state index contributed by atoms with van der Waals surface area (Å²) in [6.07, 6.45) is 0.417. The molecular formula is C10H10ClIO. The van der Waals surface area contributed by atoms with Gasteiger partial charge in [0.1, 0.15) is 0 Å². The molecule has 0 amide bonds. The Bertz CT molecular complexity index is 323. The van der Waals surface area contributed by atoms with Gasteiger partial charge in [-0.2, -0.15) is 0 Å². The third kappa shape index (κ3) is 2.95. The molecule has 0 aromatic heterocycles. The Morgan fingerprint density at radius 2 is 2.23 bits per heavy atom. The molecule has 0 fully saturated rings. The van der Waals surface area contributed by atoms with Crippen molar-refractivity contribution in [1.82, 2.24) is 0 Å². The Hall–Kier alpha value is -0.0900. The van der Waals surface area contributed by atoms with E-state index in [0.717, 1.165) is 9.13 Å². The molecule has 0 radical (unpaired) electrons. The van der Waals surface area contributed by atoms with Crippen molar-refractivity contribution in [1.29, 1.82) is 0 Å². The van der Waals surface area contributed by atoms with Crippen LogP contribution in [0.5, 0.6) is 0 Å². The molecule has 0 aliphatic rings. The lowest BCUT2D eigenvalue weighted by Crippen LogP contribution is -2.02. The second kappa shape index (κ2) is 4.96. The average molecular weight is 309 g/mol. The van der Waals surface area contributed by atoms with Crippen LogP contribution in [0.25, 0.3) is 0 Å². The predicted molar refractivity (Wildman–Crippen MR) is 63.6 cm³/mol. The van der Waals surface area contributed by atoms with Gasteiger partial charge in [-0.25, -0.2) is 0 Å². The quantitative estimate of drug-likeness (QED) is 0.475. The molecule has 13 heavy (non-hydrogen) atoms. The van der Waals surface area contributed by atoms with Gasteiger partial charge in [0, 0.05) is 21.4 Å². The fraction of sp³-hybridized carbons (Fsp3) is 0.300. The summed E-state index contributed by atoms with van der Waals surface area (Å²) in [5, 5.41) is 0. The van der Waals surface area contributed by atoms with Crippen LogP contribution >= 0.6 is 34.2 Å². The molecule has 1 aromatic carbocycles. The number of rotatable bonds is 3. The summed E-state index contributed by atoms with van der Waals surface area (Å²) in [7, 11) is 0. The molecule has 0 unspecified atom stereocenters. The first kappa shape index (κ1) is 11.0. The molecule has 0 heterocycles. The van der Waals surface area contributed by atoms with Crippen LogP contribution in [0.2, 0.25) is 0 Å². The predicted octanol–water partition coefficient (Wildman–Crippen LogP) is 3.41. The second-order valence-electron chi connectivity index (χ2n) is 2.85. The van der Waals surface area contributed by atoms with Crippen LogP contribution in [0.1, 0.15) is 22.3 Å². The minimum Gasteiger partial charge on any atom is -0.294 e. The zero-order valence-electron chi connectivity index (χ0n) is 7.31. The Balaban J connectivity index is 2.95. The number of hydrogen-bond acceptors (Lipinski definition) is 1. The van der Waals surface area contributed by atoms with Crippen LogP contribution in [0.15, 0.2) is 18.2 Å². The fourth-order valence-electron chi connectivity index (χ4n) is 1.07. The summed E-state index contributed by atoms with van der Waals surface area (Å²) in [4.78, 5) is 11.5. The zero-order valence-corrected chi connectivity index (χ0v) is 10.2. The lowest BCUT2D eigenvalue weighted by Gasteiger charge is -2.02. The molecule has 70 valence electrons. The molecule has 1 rings (SSSR count). The third-order valence-electron chi connectivity index (χ3n) is 1.75. The molecule has 0 aliphatic carbocycles. The minimum atomic E-state index is 0.124. The van der Waals surface area contributed by atoms with E-state index in [1.165, 1.54) is 5.56 Å². The molecule has 1 nitrogen and oxygen atoms in total. The molecule has 0 N–H and O–H groups in total. The maximum absolute atomic E-state index is 11.5. The maximum Gasteiger partial charge on any atom is 0.165 e. The van der Waals surface area contributed by atoms with E-state index in [0.29, 0.717) is 12.3 Å². The van der Waals surface area contributed by atoms with Gasteiger partial charge in [0.2, 0.25) is 0 Å². The van der Waals surface area contributed by atoms with Crippen molar-refractivity contribution in [3.05, 3.63) is 32.9 Å². The molecule has 0 bridgehead atoms. The summed E-state index contributed by atoms with van der Waals surface area (Å²) in [6, 6.07) is 5.82. The van der Waals surface area contributed by atoms with Crippen molar-refractivity contribution in [2.45, 2.75) is 13.3 Å². The van der Waals surface area contributed by atoms with E-state index in [2.05, 4.69) is 22.6 Å². The summed E-state index contributed by atoms with van der Waals surface area (Å²) < 4.78 is 1.01. The first-order valence-electron chi connectivity index (χ1n) is 4.00. The maximum atomic E-state index is 11.5. The molecule has 1 aromatic rings. The average Bonchev–Trinajstić information content (AvgIpc) is 2.04. The normalized spacial score (nSPS) is 10.1. The van der Waals surface area contributed by atoms with Gasteiger partial charge >= 0.3 is 0 Å². The van der Waals surface area contributed by atoms with Gasteiger partial charge < -0.3 is 0 Å². The highest BCUT2D eigenvalue weighted by atomic mass is 127. The van der Waals surface area contributed by atoms with Crippen LogP contribution in [0.4, 0.5) is 0 Å². The topological polar surface area (TPSA) is 17.1 Å². The van der Waals surface area contributed by atoms with Crippen molar-refractivity contribution in [3.8, 4) is 0 Å². The van der Waals surface area contributed by atoms with E-state index >= 15 is 0 Å². The number of carbonyl (C=O) groups is 1. The van der Waals surface area contributed by atoms with Crippen molar-refractivity contribution in [2.24, 2.45) is 0 Å². The molecule has 0 saturated carbocycles. The SMILES string of the molecule is Cc1ccc(C(=O)CCCl)c(I)c1. The van der Waals surface area contributed by atoms with E-state index < -0.39 is 0 Å². The van der Waals surface area contributed by atoms with Gasteiger partial charge in [0.05, 0.1) is 0 Å². The van der Waals surface area contributed by atoms with Gasteiger partial charge in [-0.3, -0.25) is 4.79 Å². The number of aryl methyl sites for hydroxylation is 1. The second-order valence-corrected chi connectivity index (χ2v) is 4.39. The van der Waals surface area contributed by atoms with E-state index in [1.54, 1.807) is 0 Å². The lowest BCUT2D eigenvalue weighted by atomic mass is 10.1. The summed E-state index contributed by atoms with van der Waals surface area (Å²) in [5.41, 5.74) is 1.96. The molecule has 0 aliphatic heterocycles. The van der Waals surface area contributed by atoms with Gasteiger partial charge in [-0.15, -0.1) is 11.6 Å². The number of Topliss-reactive ketones (excluding diaryl/α,β-unsaturated/α-hetero) is 1. The summed E-state index contributed by atoms with van der Waals surface area (Å²) in [5.74, 6) is 0.516. The molecule has 0 spiro atoms. The highest BCUT2D eigenvalue weighted by Crippen LogP contribution is 2.16. The van der Waals surface area contributed by atoms with E-state index in [4.69, 9.17) is 11.6 Å². The third-order valence-corrected chi connectivity index (χ3v) is 2.83. The van der Waals surface area contributed by atoms with E-state index in [-0.39, 0.29) is 5.78 Å². The Kier molecular flexibility index (Phi) is 4.19. The lowest BCUT2D eigenvalue weighted by molar-refractivity contribution is 0.0988. The van der Waals surface area contributed by atoms with Crippen molar-refractivity contribution >= 4 is 40.0 Å². The highest BCUT2D eigenvalue weighted by Gasteiger charge is 2.08. The molecule has 3 heteroatoms. The van der Waals surface area contributed by atoms with E-state index in [1.807, 2.05) is 25.1 Å². The van der Waals surface area contributed by atoms with Gasteiger partial charge in [-0.05, 0) is 35.6 Å². The monoisotopic (exact) mass is 308 g/mol. The largest absolute Gasteiger partial charge is 0.294 e. The number of benzene rings is 1. The molecule has 0 atom stereocenters.